The van der Waals surface area contributed by atoms with E-state index in [4.69, 9.17) is 23.2 Å². The molecule has 0 nitrogen and oxygen atoms in total. The van der Waals surface area contributed by atoms with Gasteiger partial charge in [-0.05, 0) is 41.8 Å². The Morgan fingerprint density at radius 2 is 1.20 bits per heavy atom. The van der Waals surface area contributed by atoms with Crippen molar-refractivity contribution in [1.29, 1.82) is 0 Å². The monoisotopic (exact) mass is 236 g/mol. The molecule has 2 aromatic carbocycles. The third kappa shape index (κ3) is 2.98. The first kappa shape index (κ1) is 10.5. The second-order valence-corrected chi connectivity index (χ2v) is 4.31. The summed E-state index contributed by atoms with van der Waals surface area (Å²) in [6, 6.07) is 15.8. The highest BCUT2D eigenvalue weighted by molar-refractivity contribution is 6.30. The molecule has 2 aromatic rings. The molecule has 0 heterocycles. The Kier molecular flexibility index (Phi) is 3.30. The molecule has 0 N–H and O–H groups in total. The van der Waals surface area contributed by atoms with Crippen molar-refractivity contribution in [2.45, 2.75) is 6.42 Å². The zero-order valence-corrected chi connectivity index (χ0v) is 9.59. The first-order valence-electron chi connectivity index (χ1n) is 4.73. The molecule has 0 saturated carbocycles. The average Bonchev–Trinajstić information content (AvgIpc) is 2.17. The quantitative estimate of drug-likeness (QED) is 0.716. The Bertz CT molecular complexity index is 420. The van der Waals surface area contributed by atoms with Crippen molar-refractivity contribution in [3.05, 3.63) is 69.7 Å². The Balaban J connectivity index is 2.22. The molecule has 0 aliphatic carbocycles. The second kappa shape index (κ2) is 4.69. The normalized spacial score (nSPS) is 10.3. The molecule has 2 heteroatoms. The molecule has 2 rings (SSSR count). The lowest BCUT2D eigenvalue weighted by Crippen LogP contribution is -1.87. The summed E-state index contributed by atoms with van der Waals surface area (Å²) < 4.78 is 0. The van der Waals surface area contributed by atoms with Gasteiger partial charge in [0.05, 0.1) is 0 Å². The molecule has 0 amide bonds. The molecule has 0 saturated heterocycles. The van der Waals surface area contributed by atoms with Crippen molar-refractivity contribution in [3.8, 4) is 0 Å². The van der Waals surface area contributed by atoms with Gasteiger partial charge in [0.1, 0.15) is 0 Å². The summed E-state index contributed by atoms with van der Waals surface area (Å²) in [5, 5.41) is 1.55. The van der Waals surface area contributed by atoms with E-state index in [2.05, 4.69) is 12.1 Å². The van der Waals surface area contributed by atoms with Crippen LogP contribution in [0.5, 0.6) is 0 Å². The van der Waals surface area contributed by atoms with E-state index in [-0.39, 0.29) is 0 Å². The molecule has 0 unspecified atom stereocenters. The van der Waals surface area contributed by atoms with E-state index < -0.39 is 0 Å². The van der Waals surface area contributed by atoms with Crippen molar-refractivity contribution in [2.75, 3.05) is 0 Å². The maximum atomic E-state index is 5.92. The molecule has 0 radical (unpaired) electrons. The van der Waals surface area contributed by atoms with Crippen LogP contribution in [0.25, 0.3) is 0 Å². The van der Waals surface area contributed by atoms with Gasteiger partial charge in [-0.2, -0.15) is 0 Å². The van der Waals surface area contributed by atoms with Crippen molar-refractivity contribution >= 4 is 23.2 Å². The van der Waals surface area contributed by atoms with Crippen LogP contribution in [0, 0.1) is 0 Å². The van der Waals surface area contributed by atoms with Gasteiger partial charge in [0.15, 0.2) is 0 Å². The van der Waals surface area contributed by atoms with Crippen LogP contribution in [0.3, 0.4) is 0 Å². The maximum absolute atomic E-state index is 5.92. The first-order valence-corrected chi connectivity index (χ1v) is 5.48. The number of benzene rings is 2. The van der Waals surface area contributed by atoms with Crippen LogP contribution < -0.4 is 0 Å². The van der Waals surface area contributed by atoms with Crippen molar-refractivity contribution in [2.24, 2.45) is 0 Å². The molecule has 0 bridgehead atoms. The Morgan fingerprint density at radius 3 is 1.60 bits per heavy atom. The molecular formula is C13H10Cl2. The first-order chi connectivity index (χ1) is 7.24. The maximum Gasteiger partial charge on any atom is 0.0408 e. The minimum atomic E-state index is 0.773. The molecule has 15 heavy (non-hydrogen) atoms. The Hall–Kier alpha value is -0.980. The summed E-state index contributed by atoms with van der Waals surface area (Å²) in [6.07, 6.45) is 0.862. The summed E-state index contributed by atoms with van der Waals surface area (Å²) in [4.78, 5) is 0. The van der Waals surface area contributed by atoms with Crippen molar-refractivity contribution in [3.63, 3.8) is 0 Å². The smallest absolute Gasteiger partial charge is 0.0408 e. The van der Waals surface area contributed by atoms with Crippen LogP contribution in [0.4, 0.5) is 0 Å². The van der Waals surface area contributed by atoms with Gasteiger partial charge in [-0.25, -0.2) is 0 Å². The SMILES string of the molecule is Clc1cccc(Cc2cccc(Cl)c2)c1. The van der Waals surface area contributed by atoms with E-state index >= 15 is 0 Å². The zero-order valence-electron chi connectivity index (χ0n) is 8.08. The van der Waals surface area contributed by atoms with E-state index in [1.165, 1.54) is 11.1 Å². The van der Waals surface area contributed by atoms with Crippen LogP contribution in [0.15, 0.2) is 48.5 Å². The van der Waals surface area contributed by atoms with E-state index in [0.29, 0.717) is 0 Å². The molecule has 0 atom stereocenters. The van der Waals surface area contributed by atoms with E-state index in [1.54, 1.807) is 0 Å². The van der Waals surface area contributed by atoms with Gasteiger partial charge >= 0.3 is 0 Å². The molecule has 76 valence electrons. The van der Waals surface area contributed by atoms with E-state index in [0.717, 1.165) is 16.5 Å². The minimum absolute atomic E-state index is 0.773. The fourth-order valence-electron chi connectivity index (χ4n) is 1.53. The molecule has 0 spiro atoms. The van der Waals surface area contributed by atoms with E-state index in [9.17, 15) is 0 Å². The average molecular weight is 237 g/mol. The molecule has 0 aliphatic heterocycles. The van der Waals surface area contributed by atoms with Crippen LogP contribution >= 0.6 is 23.2 Å². The lowest BCUT2D eigenvalue weighted by molar-refractivity contribution is 1.19. The Morgan fingerprint density at radius 1 is 0.733 bits per heavy atom. The van der Waals surface area contributed by atoms with Crippen molar-refractivity contribution in [1.82, 2.24) is 0 Å². The fourth-order valence-corrected chi connectivity index (χ4v) is 1.96. The molecule has 0 aromatic heterocycles. The van der Waals surface area contributed by atoms with Crippen molar-refractivity contribution < 1.29 is 0 Å². The highest BCUT2D eigenvalue weighted by atomic mass is 35.5. The third-order valence-corrected chi connectivity index (χ3v) is 2.66. The van der Waals surface area contributed by atoms with Crippen LogP contribution in [-0.4, -0.2) is 0 Å². The van der Waals surface area contributed by atoms with Gasteiger partial charge in [-0.15, -0.1) is 0 Å². The minimum Gasteiger partial charge on any atom is -0.0843 e. The Labute approximate surface area is 99.5 Å². The van der Waals surface area contributed by atoms with Gasteiger partial charge in [-0.1, -0.05) is 47.5 Å². The third-order valence-electron chi connectivity index (χ3n) is 2.19. The number of hydrogen-bond acceptors (Lipinski definition) is 0. The lowest BCUT2D eigenvalue weighted by Gasteiger charge is -2.02. The fraction of sp³-hybridized carbons (Fsp3) is 0.0769. The predicted molar refractivity (Wildman–Crippen MR) is 65.7 cm³/mol. The lowest BCUT2D eigenvalue weighted by atomic mass is 10.1. The largest absolute Gasteiger partial charge is 0.0843 e. The van der Waals surface area contributed by atoms with Gasteiger partial charge in [0, 0.05) is 10.0 Å². The van der Waals surface area contributed by atoms with Crippen LogP contribution in [0.1, 0.15) is 11.1 Å². The number of rotatable bonds is 2. The zero-order chi connectivity index (χ0) is 10.7. The second-order valence-electron chi connectivity index (χ2n) is 3.44. The summed E-state index contributed by atoms with van der Waals surface area (Å²) in [6.45, 7) is 0. The van der Waals surface area contributed by atoms with Crippen LogP contribution in [0.2, 0.25) is 10.0 Å². The summed E-state index contributed by atoms with van der Waals surface area (Å²) in [7, 11) is 0. The highest BCUT2D eigenvalue weighted by Gasteiger charge is 1.97. The summed E-state index contributed by atoms with van der Waals surface area (Å²) in [5.74, 6) is 0. The van der Waals surface area contributed by atoms with Gasteiger partial charge in [0.25, 0.3) is 0 Å². The summed E-state index contributed by atoms with van der Waals surface area (Å²) >= 11 is 11.8. The highest BCUT2D eigenvalue weighted by Crippen LogP contribution is 2.17. The van der Waals surface area contributed by atoms with Gasteiger partial charge < -0.3 is 0 Å². The standard InChI is InChI=1S/C13H10Cl2/c14-12-5-1-3-10(8-12)7-11-4-2-6-13(15)9-11/h1-6,8-9H,7H2. The van der Waals surface area contributed by atoms with Crippen LogP contribution in [-0.2, 0) is 6.42 Å². The molecule has 0 aliphatic rings. The molecule has 0 fully saturated rings. The van der Waals surface area contributed by atoms with Gasteiger partial charge in [-0.3, -0.25) is 0 Å². The van der Waals surface area contributed by atoms with Gasteiger partial charge in [0.2, 0.25) is 0 Å². The number of hydrogen-bond donors (Lipinski definition) is 0. The number of halogens is 2. The topological polar surface area (TPSA) is 0 Å². The summed E-state index contributed by atoms with van der Waals surface area (Å²) in [5.41, 5.74) is 2.40. The molecular weight excluding hydrogens is 227 g/mol. The van der Waals surface area contributed by atoms with E-state index in [1.807, 2.05) is 36.4 Å². The predicted octanol–water partition coefficient (Wildman–Crippen LogP) is 4.58.